The van der Waals surface area contributed by atoms with Gasteiger partial charge in [-0.05, 0) is 31.5 Å². The number of hydrogen-bond acceptors (Lipinski definition) is 5. The Labute approximate surface area is 122 Å². The summed E-state index contributed by atoms with van der Waals surface area (Å²) in [5.41, 5.74) is 2.60. The molecule has 1 atom stereocenters. The number of anilines is 1. The smallest absolute Gasteiger partial charge is 0.182 e. The molecule has 6 heteroatoms. The van der Waals surface area contributed by atoms with Crippen LogP contribution in [-0.4, -0.2) is 26.5 Å². The van der Waals surface area contributed by atoms with Gasteiger partial charge >= 0.3 is 0 Å². The third-order valence-electron chi connectivity index (χ3n) is 3.25. The summed E-state index contributed by atoms with van der Waals surface area (Å²) in [5.74, 6) is 1.62. The van der Waals surface area contributed by atoms with Crippen LogP contribution >= 0.6 is 0 Å². The van der Waals surface area contributed by atoms with E-state index < -0.39 is 0 Å². The molecule has 0 fully saturated rings. The quantitative estimate of drug-likeness (QED) is 0.753. The summed E-state index contributed by atoms with van der Waals surface area (Å²) in [6, 6.07) is 8.13. The molecule has 3 rings (SSSR count). The first-order chi connectivity index (χ1) is 10.3. The van der Waals surface area contributed by atoms with Gasteiger partial charge < -0.3 is 15.0 Å². The molecule has 2 heterocycles. The van der Waals surface area contributed by atoms with E-state index in [1.165, 1.54) is 6.33 Å². The number of imidazole rings is 1. The summed E-state index contributed by atoms with van der Waals surface area (Å²) < 4.78 is 5.54. The van der Waals surface area contributed by atoms with E-state index in [0.717, 1.165) is 22.6 Å². The second kappa shape index (κ2) is 5.78. The maximum Gasteiger partial charge on any atom is 0.182 e. The van der Waals surface area contributed by atoms with Crippen molar-refractivity contribution < 1.29 is 4.74 Å². The molecule has 2 aromatic heterocycles. The number of aromatic amines is 1. The minimum absolute atomic E-state index is 0.0896. The first-order valence-electron chi connectivity index (χ1n) is 6.91. The Morgan fingerprint density at radius 1 is 1.29 bits per heavy atom. The Kier molecular flexibility index (Phi) is 3.68. The standard InChI is InChI=1S/C15H17N5O/c1-3-21-12-6-4-5-11(7-12)10(2)20-15-13-14(17-8-16-13)18-9-19-15/h4-10H,3H2,1-2H3,(H2,16,17,18,19,20)/t10-/m0/s1. The van der Waals surface area contributed by atoms with Gasteiger partial charge in [-0.25, -0.2) is 15.0 Å². The van der Waals surface area contributed by atoms with Gasteiger partial charge in [0.1, 0.15) is 17.6 Å². The van der Waals surface area contributed by atoms with E-state index in [9.17, 15) is 0 Å². The zero-order valence-electron chi connectivity index (χ0n) is 12.0. The van der Waals surface area contributed by atoms with E-state index in [1.807, 2.05) is 25.1 Å². The Balaban J connectivity index is 1.84. The summed E-state index contributed by atoms with van der Waals surface area (Å²) >= 11 is 0. The van der Waals surface area contributed by atoms with Crippen molar-refractivity contribution in [2.24, 2.45) is 0 Å². The molecule has 0 aliphatic heterocycles. The predicted molar refractivity (Wildman–Crippen MR) is 81.3 cm³/mol. The molecular weight excluding hydrogens is 266 g/mol. The van der Waals surface area contributed by atoms with Crippen molar-refractivity contribution in [1.82, 2.24) is 19.9 Å². The van der Waals surface area contributed by atoms with E-state index in [0.29, 0.717) is 12.3 Å². The maximum absolute atomic E-state index is 5.54. The highest BCUT2D eigenvalue weighted by molar-refractivity contribution is 5.82. The molecule has 0 aliphatic carbocycles. The third-order valence-corrected chi connectivity index (χ3v) is 3.25. The van der Waals surface area contributed by atoms with Crippen molar-refractivity contribution >= 4 is 17.0 Å². The SMILES string of the molecule is CCOc1cccc([C@H](C)Nc2ncnc3nc[nH]c23)c1. The molecule has 108 valence electrons. The summed E-state index contributed by atoms with van der Waals surface area (Å²) in [6.45, 7) is 4.71. The van der Waals surface area contributed by atoms with Crippen LogP contribution in [0.4, 0.5) is 5.82 Å². The van der Waals surface area contributed by atoms with Crippen LogP contribution in [0.1, 0.15) is 25.5 Å². The molecule has 0 spiro atoms. The van der Waals surface area contributed by atoms with Crippen molar-refractivity contribution in [2.45, 2.75) is 19.9 Å². The highest BCUT2D eigenvalue weighted by Gasteiger charge is 2.11. The van der Waals surface area contributed by atoms with Crippen molar-refractivity contribution in [3.63, 3.8) is 0 Å². The van der Waals surface area contributed by atoms with Crippen LogP contribution in [0.25, 0.3) is 11.2 Å². The van der Waals surface area contributed by atoms with E-state index in [4.69, 9.17) is 4.74 Å². The lowest BCUT2D eigenvalue weighted by Crippen LogP contribution is -2.09. The van der Waals surface area contributed by atoms with Gasteiger partial charge in [0.2, 0.25) is 0 Å². The van der Waals surface area contributed by atoms with Crippen molar-refractivity contribution in [1.29, 1.82) is 0 Å². The number of rotatable bonds is 5. The number of fused-ring (bicyclic) bond motifs is 1. The number of benzene rings is 1. The molecule has 0 aliphatic rings. The molecule has 2 N–H and O–H groups in total. The van der Waals surface area contributed by atoms with E-state index in [1.54, 1.807) is 6.33 Å². The van der Waals surface area contributed by atoms with Gasteiger partial charge in [-0.1, -0.05) is 12.1 Å². The summed E-state index contributed by atoms with van der Waals surface area (Å²) in [5, 5.41) is 3.38. The minimum Gasteiger partial charge on any atom is -0.494 e. The van der Waals surface area contributed by atoms with Gasteiger partial charge in [0, 0.05) is 0 Å². The average Bonchev–Trinajstić information content (AvgIpc) is 2.97. The number of hydrogen-bond donors (Lipinski definition) is 2. The average molecular weight is 283 g/mol. The van der Waals surface area contributed by atoms with Gasteiger partial charge in [-0.2, -0.15) is 0 Å². The highest BCUT2D eigenvalue weighted by Crippen LogP contribution is 2.24. The lowest BCUT2D eigenvalue weighted by atomic mass is 10.1. The van der Waals surface area contributed by atoms with Crippen LogP contribution in [-0.2, 0) is 0 Å². The second-order valence-electron chi connectivity index (χ2n) is 4.69. The van der Waals surface area contributed by atoms with Crippen molar-refractivity contribution in [3.05, 3.63) is 42.5 Å². The van der Waals surface area contributed by atoms with Gasteiger partial charge in [0.05, 0.1) is 19.0 Å². The molecule has 1 aromatic carbocycles. The number of H-pyrrole nitrogens is 1. The molecular formula is C15H17N5O. The van der Waals surface area contributed by atoms with Crippen LogP contribution < -0.4 is 10.1 Å². The van der Waals surface area contributed by atoms with Crippen LogP contribution in [0.15, 0.2) is 36.9 Å². The van der Waals surface area contributed by atoms with Crippen LogP contribution in [0, 0.1) is 0 Å². The van der Waals surface area contributed by atoms with Gasteiger partial charge in [0.15, 0.2) is 11.5 Å². The molecule has 0 saturated carbocycles. The van der Waals surface area contributed by atoms with Gasteiger partial charge in [-0.15, -0.1) is 0 Å². The Bertz CT molecular complexity index is 740. The largest absolute Gasteiger partial charge is 0.494 e. The maximum atomic E-state index is 5.54. The fraction of sp³-hybridized carbons (Fsp3) is 0.267. The molecule has 0 saturated heterocycles. The zero-order valence-corrected chi connectivity index (χ0v) is 12.0. The Morgan fingerprint density at radius 2 is 2.19 bits per heavy atom. The Hall–Kier alpha value is -2.63. The first kappa shape index (κ1) is 13.4. The molecule has 3 aromatic rings. The minimum atomic E-state index is 0.0896. The fourth-order valence-electron chi connectivity index (χ4n) is 2.20. The molecule has 0 amide bonds. The lowest BCUT2D eigenvalue weighted by Gasteiger charge is -2.16. The highest BCUT2D eigenvalue weighted by atomic mass is 16.5. The van der Waals surface area contributed by atoms with Crippen molar-refractivity contribution in [3.8, 4) is 5.75 Å². The van der Waals surface area contributed by atoms with Gasteiger partial charge in [0.25, 0.3) is 0 Å². The van der Waals surface area contributed by atoms with Crippen molar-refractivity contribution in [2.75, 3.05) is 11.9 Å². The fourth-order valence-corrected chi connectivity index (χ4v) is 2.20. The summed E-state index contributed by atoms with van der Waals surface area (Å²) in [7, 11) is 0. The van der Waals surface area contributed by atoms with E-state index in [-0.39, 0.29) is 6.04 Å². The summed E-state index contributed by atoms with van der Waals surface area (Å²) in [4.78, 5) is 15.6. The lowest BCUT2D eigenvalue weighted by molar-refractivity contribution is 0.340. The number of nitrogens with zero attached hydrogens (tertiary/aromatic N) is 3. The molecule has 6 nitrogen and oxygen atoms in total. The van der Waals surface area contributed by atoms with Crippen LogP contribution in [0.5, 0.6) is 5.75 Å². The van der Waals surface area contributed by atoms with Gasteiger partial charge in [-0.3, -0.25) is 0 Å². The molecule has 0 bridgehead atoms. The number of aromatic nitrogens is 4. The van der Waals surface area contributed by atoms with Crippen LogP contribution in [0.3, 0.4) is 0 Å². The zero-order chi connectivity index (χ0) is 14.7. The second-order valence-corrected chi connectivity index (χ2v) is 4.69. The monoisotopic (exact) mass is 283 g/mol. The topological polar surface area (TPSA) is 75.7 Å². The predicted octanol–water partition coefficient (Wildman–Crippen LogP) is 2.92. The summed E-state index contributed by atoms with van der Waals surface area (Å²) in [6.07, 6.45) is 3.12. The van der Waals surface area contributed by atoms with Crippen LogP contribution in [0.2, 0.25) is 0 Å². The number of nitrogens with one attached hydrogen (secondary N) is 2. The molecule has 0 radical (unpaired) electrons. The molecule has 0 unspecified atom stereocenters. The third kappa shape index (κ3) is 2.79. The normalized spacial score (nSPS) is 12.3. The van der Waals surface area contributed by atoms with E-state index in [2.05, 4.69) is 38.2 Å². The Morgan fingerprint density at radius 3 is 3.05 bits per heavy atom. The number of ether oxygens (including phenoxy) is 1. The van der Waals surface area contributed by atoms with E-state index >= 15 is 0 Å². The first-order valence-corrected chi connectivity index (χ1v) is 6.91. The molecule has 21 heavy (non-hydrogen) atoms.